The quantitative estimate of drug-likeness (QED) is 0.773. The van der Waals surface area contributed by atoms with Gasteiger partial charge in [0.1, 0.15) is 0 Å². The number of hydrogen-bond donors (Lipinski definition) is 1. The van der Waals surface area contributed by atoms with E-state index in [0.29, 0.717) is 11.3 Å². The minimum atomic E-state index is 0.261. The van der Waals surface area contributed by atoms with Crippen molar-refractivity contribution in [1.82, 2.24) is 10.2 Å². The Kier molecular flexibility index (Phi) is 3.60. The van der Waals surface area contributed by atoms with Gasteiger partial charge in [0.25, 0.3) is 0 Å². The first-order valence-electron chi connectivity index (χ1n) is 7.79. The van der Waals surface area contributed by atoms with Crippen molar-refractivity contribution in [3.05, 3.63) is 0 Å². The number of nitrogens with one attached hydrogen (secondary N) is 1. The van der Waals surface area contributed by atoms with E-state index in [9.17, 15) is 4.79 Å². The second-order valence-corrected chi connectivity index (χ2v) is 6.58. The SMILES string of the molecule is O=C(C1CCCNC1)N1CCC2(CCCC2)CC1. The molecule has 3 nitrogen and oxygen atoms in total. The van der Waals surface area contributed by atoms with Crippen molar-refractivity contribution in [2.75, 3.05) is 26.2 Å². The lowest BCUT2D eigenvalue weighted by Crippen LogP contribution is -2.47. The second kappa shape index (κ2) is 5.20. The molecule has 3 aliphatic rings. The lowest BCUT2D eigenvalue weighted by Gasteiger charge is -2.41. The van der Waals surface area contributed by atoms with Crippen LogP contribution in [-0.2, 0) is 4.79 Å². The molecule has 1 N–H and O–H groups in total. The third kappa shape index (κ3) is 2.42. The summed E-state index contributed by atoms with van der Waals surface area (Å²) >= 11 is 0. The van der Waals surface area contributed by atoms with Gasteiger partial charge in [-0.3, -0.25) is 4.79 Å². The molecule has 1 spiro atoms. The van der Waals surface area contributed by atoms with Crippen molar-refractivity contribution in [2.45, 2.75) is 51.4 Å². The van der Waals surface area contributed by atoms with E-state index in [-0.39, 0.29) is 5.92 Å². The zero-order chi connectivity index (χ0) is 12.4. The molecular weight excluding hydrogens is 224 g/mol. The maximum atomic E-state index is 12.4. The first-order chi connectivity index (χ1) is 8.79. The highest BCUT2D eigenvalue weighted by molar-refractivity contribution is 5.79. The van der Waals surface area contributed by atoms with Gasteiger partial charge in [-0.05, 0) is 50.5 Å². The van der Waals surface area contributed by atoms with E-state index in [1.165, 1.54) is 38.5 Å². The molecule has 1 unspecified atom stereocenters. The van der Waals surface area contributed by atoms with Crippen molar-refractivity contribution in [1.29, 1.82) is 0 Å². The van der Waals surface area contributed by atoms with Gasteiger partial charge in [0.15, 0.2) is 0 Å². The van der Waals surface area contributed by atoms with Crippen molar-refractivity contribution in [2.24, 2.45) is 11.3 Å². The molecule has 1 aliphatic carbocycles. The summed E-state index contributed by atoms with van der Waals surface area (Å²) < 4.78 is 0. The predicted molar refractivity (Wildman–Crippen MR) is 72.3 cm³/mol. The zero-order valence-corrected chi connectivity index (χ0v) is 11.4. The molecule has 1 atom stereocenters. The number of piperidine rings is 2. The van der Waals surface area contributed by atoms with Gasteiger partial charge in [0, 0.05) is 19.6 Å². The Hall–Kier alpha value is -0.570. The van der Waals surface area contributed by atoms with Gasteiger partial charge in [-0.2, -0.15) is 0 Å². The molecule has 2 saturated heterocycles. The summed E-state index contributed by atoms with van der Waals surface area (Å²) in [6, 6.07) is 0. The number of carbonyl (C=O) groups is 1. The highest BCUT2D eigenvalue weighted by Crippen LogP contribution is 2.46. The smallest absolute Gasteiger partial charge is 0.226 e. The van der Waals surface area contributed by atoms with Gasteiger partial charge >= 0.3 is 0 Å². The monoisotopic (exact) mass is 250 g/mol. The molecule has 3 fully saturated rings. The van der Waals surface area contributed by atoms with Crippen LogP contribution in [0.15, 0.2) is 0 Å². The third-order valence-electron chi connectivity index (χ3n) is 5.45. The summed E-state index contributed by atoms with van der Waals surface area (Å²) in [7, 11) is 0. The fourth-order valence-corrected chi connectivity index (χ4v) is 4.15. The summed E-state index contributed by atoms with van der Waals surface area (Å²) in [5, 5.41) is 3.36. The van der Waals surface area contributed by atoms with E-state index in [2.05, 4.69) is 10.2 Å². The van der Waals surface area contributed by atoms with Crippen LogP contribution in [0.1, 0.15) is 51.4 Å². The Bertz CT molecular complexity index is 294. The van der Waals surface area contributed by atoms with Crippen LogP contribution in [0.25, 0.3) is 0 Å². The normalized spacial score (nSPS) is 31.8. The molecule has 0 aromatic heterocycles. The van der Waals surface area contributed by atoms with Crippen molar-refractivity contribution in [3.8, 4) is 0 Å². The van der Waals surface area contributed by atoms with Crippen LogP contribution in [0.5, 0.6) is 0 Å². The Morgan fingerprint density at radius 3 is 2.39 bits per heavy atom. The molecule has 18 heavy (non-hydrogen) atoms. The summed E-state index contributed by atoms with van der Waals surface area (Å²) in [4.78, 5) is 14.6. The standard InChI is InChI=1S/C15H26N2O/c18-14(13-4-3-9-16-12-13)17-10-7-15(8-11-17)5-1-2-6-15/h13,16H,1-12H2. The Balaban J connectivity index is 1.53. The summed E-state index contributed by atoms with van der Waals surface area (Å²) in [6.07, 6.45) is 10.4. The average molecular weight is 250 g/mol. The number of carbonyl (C=O) groups excluding carboxylic acids is 1. The van der Waals surface area contributed by atoms with E-state index in [4.69, 9.17) is 0 Å². The lowest BCUT2D eigenvalue weighted by molar-refractivity contribution is -0.138. The highest BCUT2D eigenvalue weighted by Gasteiger charge is 2.39. The van der Waals surface area contributed by atoms with E-state index in [0.717, 1.165) is 39.0 Å². The van der Waals surface area contributed by atoms with Crippen LogP contribution in [0.2, 0.25) is 0 Å². The molecule has 2 heterocycles. The van der Waals surface area contributed by atoms with Crippen molar-refractivity contribution >= 4 is 5.91 Å². The van der Waals surface area contributed by atoms with E-state index >= 15 is 0 Å². The number of nitrogens with zero attached hydrogens (tertiary/aromatic N) is 1. The summed E-state index contributed by atoms with van der Waals surface area (Å²) in [5.41, 5.74) is 0.627. The van der Waals surface area contributed by atoms with Gasteiger partial charge in [0.2, 0.25) is 5.91 Å². The molecule has 0 radical (unpaired) electrons. The third-order valence-corrected chi connectivity index (χ3v) is 5.45. The first kappa shape index (κ1) is 12.5. The summed E-state index contributed by atoms with van der Waals surface area (Å²) in [6.45, 7) is 4.04. The average Bonchev–Trinajstić information content (AvgIpc) is 2.88. The zero-order valence-electron chi connectivity index (χ0n) is 11.4. The van der Waals surface area contributed by atoms with Crippen LogP contribution in [-0.4, -0.2) is 37.0 Å². The maximum absolute atomic E-state index is 12.4. The van der Waals surface area contributed by atoms with Crippen LogP contribution < -0.4 is 5.32 Å². The van der Waals surface area contributed by atoms with Gasteiger partial charge in [-0.1, -0.05) is 12.8 Å². The molecule has 1 amide bonds. The number of hydrogen-bond acceptors (Lipinski definition) is 2. The molecular formula is C15H26N2O. The Morgan fingerprint density at radius 2 is 1.78 bits per heavy atom. The van der Waals surface area contributed by atoms with Gasteiger partial charge in [-0.15, -0.1) is 0 Å². The fraction of sp³-hybridized carbons (Fsp3) is 0.933. The molecule has 2 aliphatic heterocycles. The van der Waals surface area contributed by atoms with Gasteiger partial charge in [0.05, 0.1) is 5.92 Å². The number of amides is 1. The maximum Gasteiger partial charge on any atom is 0.226 e. The molecule has 102 valence electrons. The predicted octanol–water partition coefficient (Wildman–Crippen LogP) is 2.17. The number of likely N-dealkylation sites (tertiary alicyclic amines) is 1. The molecule has 1 saturated carbocycles. The molecule has 0 bridgehead atoms. The fourth-order valence-electron chi connectivity index (χ4n) is 4.15. The van der Waals surface area contributed by atoms with Gasteiger partial charge < -0.3 is 10.2 Å². The second-order valence-electron chi connectivity index (χ2n) is 6.58. The molecule has 3 heteroatoms. The first-order valence-corrected chi connectivity index (χ1v) is 7.79. The molecule has 3 rings (SSSR count). The summed E-state index contributed by atoms with van der Waals surface area (Å²) in [5.74, 6) is 0.687. The van der Waals surface area contributed by atoms with E-state index in [1.807, 2.05) is 0 Å². The molecule has 0 aromatic rings. The van der Waals surface area contributed by atoms with E-state index in [1.54, 1.807) is 0 Å². The number of rotatable bonds is 1. The van der Waals surface area contributed by atoms with Crippen molar-refractivity contribution < 1.29 is 4.79 Å². The lowest BCUT2D eigenvalue weighted by atomic mass is 9.77. The minimum Gasteiger partial charge on any atom is -0.342 e. The highest BCUT2D eigenvalue weighted by atomic mass is 16.2. The Morgan fingerprint density at radius 1 is 1.06 bits per heavy atom. The van der Waals surface area contributed by atoms with Gasteiger partial charge in [-0.25, -0.2) is 0 Å². The van der Waals surface area contributed by atoms with Crippen LogP contribution in [0.3, 0.4) is 0 Å². The van der Waals surface area contributed by atoms with Crippen LogP contribution in [0, 0.1) is 11.3 Å². The largest absolute Gasteiger partial charge is 0.342 e. The topological polar surface area (TPSA) is 32.3 Å². The Labute approximate surface area is 110 Å². The van der Waals surface area contributed by atoms with Crippen molar-refractivity contribution in [3.63, 3.8) is 0 Å². The van der Waals surface area contributed by atoms with Crippen LogP contribution >= 0.6 is 0 Å². The van der Waals surface area contributed by atoms with E-state index < -0.39 is 0 Å². The van der Waals surface area contributed by atoms with Crippen LogP contribution in [0.4, 0.5) is 0 Å². The minimum absolute atomic E-state index is 0.261. The molecule has 0 aromatic carbocycles.